The Labute approximate surface area is 114 Å². The van der Waals surface area contributed by atoms with Gasteiger partial charge in [-0.05, 0) is 43.2 Å². The molecule has 1 fully saturated rings. The van der Waals surface area contributed by atoms with E-state index < -0.39 is 0 Å². The predicted molar refractivity (Wildman–Crippen MR) is 77.5 cm³/mol. The van der Waals surface area contributed by atoms with Crippen molar-refractivity contribution in [2.24, 2.45) is 5.92 Å². The van der Waals surface area contributed by atoms with Crippen molar-refractivity contribution in [3.63, 3.8) is 0 Å². The Kier molecular flexibility index (Phi) is 3.72. The molecule has 19 heavy (non-hydrogen) atoms. The van der Waals surface area contributed by atoms with Crippen LogP contribution in [0, 0.1) is 5.92 Å². The van der Waals surface area contributed by atoms with Gasteiger partial charge in [0.25, 0.3) is 5.91 Å². The molecule has 0 bridgehead atoms. The summed E-state index contributed by atoms with van der Waals surface area (Å²) in [6.07, 6.45) is 7.41. The average Bonchev–Trinajstić information content (AvgIpc) is 2.97. The fourth-order valence-electron chi connectivity index (χ4n) is 3.25. The number of benzene rings is 1. The largest absolute Gasteiger partial charge is 0.384 e. The lowest BCUT2D eigenvalue weighted by Crippen LogP contribution is -2.29. The molecule has 1 amide bonds. The quantitative estimate of drug-likeness (QED) is 0.875. The fourth-order valence-corrected chi connectivity index (χ4v) is 3.25. The lowest BCUT2D eigenvalue weighted by molar-refractivity contribution is 0.0948. The third-order valence-corrected chi connectivity index (χ3v) is 4.35. The van der Waals surface area contributed by atoms with Crippen LogP contribution in [0.15, 0.2) is 18.2 Å². The fraction of sp³-hybridized carbons (Fsp3) is 0.562. The highest BCUT2D eigenvalue weighted by atomic mass is 16.1. The monoisotopic (exact) mass is 258 g/mol. The highest BCUT2D eigenvalue weighted by Crippen LogP contribution is 2.27. The van der Waals surface area contributed by atoms with Crippen LogP contribution in [0.25, 0.3) is 0 Å². The van der Waals surface area contributed by atoms with Crippen molar-refractivity contribution in [3.8, 4) is 0 Å². The highest BCUT2D eigenvalue weighted by molar-refractivity contribution is 6.00. The van der Waals surface area contributed by atoms with Crippen LogP contribution >= 0.6 is 0 Å². The van der Waals surface area contributed by atoms with E-state index in [1.807, 2.05) is 12.1 Å². The van der Waals surface area contributed by atoms with E-state index in [9.17, 15) is 4.79 Å². The maximum absolute atomic E-state index is 12.3. The predicted octanol–water partition coefficient (Wildman–Crippen LogP) is 2.96. The van der Waals surface area contributed by atoms with Crippen LogP contribution in [0.1, 0.15) is 48.0 Å². The summed E-state index contributed by atoms with van der Waals surface area (Å²) in [4.78, 5) is 12.3. The van der Waals surface area contributed by atoms with Crippen molar-refractivity contribution < 1.29 is 4.79 Å². The highest BCUT2D eigenvalue weighted by Gasteiger charge is 2.19. The number of nitrogens with one attached hydrogen (secondary N) is 2. The van der Waals surface area contributed by atoms with Crippen LogP contribution in [0.3, 0.4) is 0 Å². The molecule has 102 valence electrons. The summed E-state index contributed by atoms with van der Waals surface area (Å²) in [5.74, 6) is 0.773. The number of fused-ring (bicyclic) bond motifs is 1. The minimum absolute atomic E-state index is 0.0816. The third-order valence-electron chi connectivity index (χ3n) is 4.35. The Morgan fingerprint density at radius 2 is 2.11 bits per heavy atom. The molecule has 3 heteroatoms. The second-order valence-corrected chi connectivity index (χ2v) is 5.73. The number of anilines is 1. The van der Waals surface area contributed by atoms with Gasteiger partial charge in [0.2, 0.25) is 0 Å². The van der Waals surface area contributed by atoms with Crippen LogP contribution in [0.2, 0.25) is 0 Å². The van der Waals surface area contributed by atoms with Gasteiger partial charge in [-0.2, -0.15) is 0 Å². The zero-order chi connectivity index (χ0) is 13.1. The number of amides is 1. The first kappa shape index (κ1) is 12.5. The standard InChI is InChI=1S/C16H22N2O/c19-16(18-11-12-5-1-2-6-12)14-9-3-7-13-8-4-10-17-15(13)14/h3,7,9,12,17H,1-2,4-6,8,10-11H2,(H,18,19). The Morgan fingerprint density at radius 3 is 2.95 bits per heavy atom. The molecular formula is C16H22N2O. The molecule has 2 aliphatic rings. The molecule has 3 nitrogen and oxygen atoms in total. The molecule has 2 N–H and O–H groups in total. The maximum Gasteiger partial charge on any atom is 0.253 e. The van der Waals surface area contributed by atoms with Crippen LogP contribution < -0.4 is 10.6 Å². The van der Waals surface area contributed by atoms with E-state index in [0.29, 0.717) is 5.92 Å². The number of hydrogen-bond acceptors (Lipinski definition) is 2. The minimum atomic E-state index is 0.0816. The first-order valence-corrected chi connectivity index (χ1v) is 7.48. The molecule has 1 saturated carbocycles. The summed E-state index contributed by atoms with van der Waals surface area (Å²) < 4.78 is 0. The van der Waals surface area contributed by atoms with Crippen LogP contribution in [-0.4, -0.2) is 19.0 Å². The van der Waals surface area contributed by atoms with Crippen molar-refractivity contribution >= 4 is 11.6 Å². The second kappa shape index (κ2) is 5.64. The molecule has 0 radical (unpaired) electrons. The van der Waals surface area contributed by atoms with E-state index in [2.05, 4.69) is 16.7 Å². The minimum Gasteiger partial charge on any atom is -0.384 e. The molecule has 0 unspecified atom stereocenters. The number of para-hydroxylation sites is 1. The summed E-state index contributed by atoms with van der Waals surface area (Å²) in [6.45, 7) is 1.81. The molecule has 0 aromatic heterocycles. The van der Waals surface area contributed by atoms with Crippen LogP contribution in [0.4, 0.5) is 5.69 Å². The third kappa shape index (κ3) is 2.75. The number of rotatable bonds is 3. The summed E-state index contributed by atoms with van der Waals surface area (Å²) in [5, 5.41) is 6.49. The van der Waals surface area contributed by atoms with Gasteiger partial charge in [-0.15, -0.1) is 0 Å². The topological polar surface area (TPSA) is 41.1 Å². The molecule has 1 aromatic carbocycles. The van der Waals surface area contributed by atoms with Crippen LogP contribution in [0.5, 0.6) is 0 Å². The molecule has 0 atom stereocenters. The van der Waals surface area contributed by atoms with Gasteiger partial charge in [0, 0.05) is 13.1 Å². The van der Waals surface area contributed by atoms with Gasteiger partial charge in [-0.3, -0.25) is 4.79 Å². The Hall–Kier alpha value is -1.51. The van der Waals surface area contributed by atoms with E-state index in [1.165, 1.54) is 31.2 Å². The first-order chi connectivity index (χ1) is 9.34. The SMILES string of the molecule is O=C(NCC1CCCC1)c1cccc2c1NCCC2. The lowest BCUT2D eigenvalue weighted by atomic mass is 9.99. The lowest BCUT2D eigenvalue weighted by Gasteiger charge is -2.21. The first-order valence-electron chi connectivity index (χ1n) is 7.48. The Morgan fingerprint density at radius 1 is 1.26 bits per heavy atom. The molecule has 1 aliphatic carbocycles. The zero-order valence-corrected chi connectivity index (χ0v) is 11.4. The Balaban J connectivity index is 1.68. The van der Waals surface area contributed by atoms with Gasteiger partial charge in [0.15, 0.2) is 0 Å². The van der Waals surface area contributed by atoms with Gasteiger partial charge >= 0.3 is 0 Å². The molecule has 1 heterocycles. The molecule has 3 rings (SSSR count). The summed E-state index contributed by atoms with van der Waals surface area (Å²) in [5.41, 5.74) is 3.15. The van der Waals surface area contributed by atoms with Gasteiger partial charge in [0.05, 0.1) is 11.3 Å². The van der Waals surface area contributed by atoms with Crippen molar-refractivity contribution in [1.82, 2.24) is 5.32 Å². The van der Waals surface area contributed by atoms with Crippen LogP contribution in [-0.2, 0) is 6.42 Å². The van der Waals surface area contributed by atoms with E-state index in [1.54, 1.807) is 0 Å². The number of hydrogen-bond donors (Lipinski definition) is 2. The van der Waals surface area contributed by atoms with Gasteiger partial charge in [-0.1, -0.05) is 25.0 Å². The maximum atomic E-state index is 12.3. The normalized spacial score (nSPS) is 18.7. The van der Waals surface area contributed by atoms with Gasteiger partial charge in [-0.25, -0.2) is 0 Å². The van der Waals surface area contributed by atoms with Gasteiger partial charge < -0.3 is 10.6 Å². The van der Waals surface area contributed by atoms with E-state index in [-0.39, 0.29) is 5.91 Å². The second-order valence-electron chi connectivity index (χ2n) is 5.73. The number of carbonyl (C=O) groups is 1. The van der Waals surface area contributed by atoms with E-state index >= 15 is 0 Å². The van der Waals surface area contributed by atoms with Gasteiger partial charge in [0.1, 0.15) is 0 Å². The molecule has 0 saturated heterocycles. The Bertz CT molecular complexity index is 464. The summed E-state index contributed by atoms with van der Waals surface area (Å²) in [7, 11) is 0. The zero-order valence-electron chi connectivity index (χ0n) is 11.4. The average molecular weight is 258 g/mol. The van der Waals surface area contributed by atoms with Crippen molar-refractivity contribution in [2.75, 3.05) is 18.4 Å². The molecule has 1 aliphatic heterocycles. The number of carbonyl (C=O) groups excluding carboxylic acids is 1. The summed E-state index contributed by atoms with van der Waals surface area (Å²) in [6, 6.07) is 6.05. The van der Waals surface area contributed by atoms with E-state index in [4.69, 9.17) is 0 Å². The summed E-state index contributed by atoms with van der Waals surface area (Å²) >= 11 is 0. The van der Waals surface area contributed by atoms with Crippen molar-refractivity contribution in [3.05, 3.63) is 29.3 Å². The smallest absolute Gasteiger partial charge is 0.253 e. The van der Waals surface area contributed by atoms with Crippen molar-refractivity contribution in [2.45, 2.75) is 38.5 Å². The van der Waals surface area contributed by atoms with E-state index in [0.717, 1.165) is 37.2 Å². The molecular weight excluding hydrogens is 236 g/mol. The molecule has 0 spiro atoms. The van der Waals surface area contributed by atoms with Crippen molar-refractivity contribution in [1.29, 1.82) is 0 Å². The number of aryl methyl sites for hydroxylation is 1. The molecule has 1 aromatic rings.